The van der Waals surface area contributed by atoms with Gasteiger partial charge in [0.25, 0.3) is 0 Å². The first-order valence-electron chi connectivity index (χ1n) is 5.16. The van der Waals surface area contributed by atoms with Crippen LogP contribution < -0.4 is 4.74 Å². The number of hydrogen-bond donors (Lipinski definition) is 2. The van der Waals surface area contributed by atoms with Crippen molar-refractivity contribution in [3.8, 4) is 5.75 Å². The topological polar surface area (TPSA) is 49.7 Å². The summed E-state index contributed by atoms with van der Waals surface area (Å²) in [5.74, 6) is 0.802. The Kier molecular flexibility index (Phi) is 2.67. The number of benzene rings is 1. The van der Waals surface area contributed by atoms with Crippen LogP contribution in [0.2, 0.25) is 0 Å². The van der Waals surface area contributed by atoms with E-state index in [0.717, 1.165) is 17.7 Å². The van der Waals surface area contributed by atoms with Gasteiger partial charge in [-0.2, -0.15) is 0 Å². The van der Waals surface area contributed by atoms with E-state index < -0.39 is 5.60 Å². The smallest absolute Gasteiger partial charge is 0.119 e. The average molecular weight is 208 g/mol. The van der Waals surface area contributed by atoms with Gasteiger partial charge in [0.2, 0.25) is 0 Å². The second-order valence-corrected chi connectivity index (χ2v) is 4.19. The monoisotopic (exact) mass is 208 g/mol. The number of hydrogen-bond acceptors (Lipinski definition) is 3. The second kappa shape index (κ2) is 3.83. The molecule has 1 aromatic rings. The molecule has 1 aliphatic rings. The fourth-order valence-electron chi connectivity index (χ4n) is 2.08. The van der Waals surface area contributed by atoms with Gasteiger partial charge in [0, 0.05) is 6.42 Å². The summed E-state index contributed by atoms with van der Waals surface area (Å²) >= 11 is 0. The van der Waals surface area contributed by atoms with Gasteiger partial charge in [-0.3, -0.25) is 0 Å². The number of fused-ring (bicyclic) bond motifs is 1. The third-order valence-electron chi connectivity index (χ3n) is 3.09. The standard InChI is InChI=1S/C12H16O3/c1-15-11-3-2-9-4-5-12(14,8-13)7-10(9)6-11/h2-3,6,13-14H,4-5,7-8H2,1H3. The molecule has 1 unspecified atom stereocenters. The molecule has 1 atom stereocenters. The first-order chi connectivity index (χ1) is 7.17. The fourth-order valence-corrected chi connectivity index (χ4v) is 2.08. The van der Waals surface area contributed by atoms with E-state index in [0.29, 0.717) is 12.8 Å². The van der Waals surface area contributed by atoms with E-state index in [9.17, 15) is 5.11 Å². The van der Waals surface area contributed by atoms with Crippen molar-refractivity contribution in [3.63, 3.8) is 0 Å². The largest absolute Gasteiger partial charge is 0.497 e. The number of aliphatic hydroxyl groups excluding tert-OH is 1. The highest BCUT2D eigenvalue weighted by Crippen LogP contribution is 2.30. The van der Waals surface area contributed by atoms with Crippen molar-refractivity contribution in [1.82, 2.24) is 0 Å². The van der Waals surface area contributed by atoms with Gasteiger partial charge in [-0.15, -0.1) is 0 Å². The molecular weight excluding hydrogens is 192 g/mol. The molecule has 0 bridgehead atoms. The lowest BCUT2D eigenvalue weighted by atomic mass is 9.81. The minimum Gasteiger partial charge on any atom is -0.497 e. The number of aryl methyl sites for hydroxylation is 1. The van der Waals surface area contributed by atoms with E-state index in [1.54, 1.807) is 7.11 Å². The molecular formula is C12H16O3. The van der Waals surface area contributed by atoms with Crippen molar-refractivity contribution in [2.75, 3.05) is 13.7 Å². The van der Waals surface area contributed by atoms with Gasteiger partial charge in [0.05, 0.1) is 19.3 Å². The molecule has 1 aliphatic carbocycles. The van der Waals surface area contributed by atoms with Gasteiger partial charge < -0.3 is 14.9 Å². The highest BCUT2D eigenvalue weighted by molar-refractivity contribution is 5.38. The maximum atomic E-state index is 10.00. The Morgan fingerprint density at radius 1 is 1.40 bits per heavy atom. The van der Waals surface area contributed by atoms with Crippen LogP contribution in [0.1, 0.15) is 17.5 Å². The van der Waals surface area contributed by atoms with Crippen LogP contribution in [0.3, 0.4) is 0 Å². The van der Waals surface area contributed by atoms with Gasteiger partial charge in [-0.1, -0.05) is 6.07 Å². The molecule has 0 saturated heterocycles. The Morgan fingerprint density at radius 3 is 2.87 bits per heavy atom. The van der Waals surface area contributed by atoms with E-state index in [2.05, 4.69) is 0 Å². The normalized spacial score (nSPS) is 24.7. The SMILES string of the molecule is COc1ccc2c(c1)CC(O)(CO)CC2. The molecule has 0 heterocycles. The molecule has 0 spiro atoms. The zero-order valence-electron chi connectivity index (χ0n) is 8.86. The van der Waals surface area contributed by atoms with E-state index in [1.807, 2.05) is 18.2 Å². The highest BCUT2D eigenvalue weighted by atomic mass is 16.5. The van der Waals surface area contributed by atoms with Crippen LogP contribution in [0, 0.1) is 0 Å². The first kappa shape index (κ1) is 10.5. The Bertz CT molecular complexity index is 362. The van der Waals surface area contributed by atoms with Crippen LogP contribution in [0.15, 0.2) is 18.2 Å². The number of methoxy groups -OCH3 is 1. The summed E-state index contributed by atoms with van der Waals surface area (Å²) in [4.78, 5) is 0. The third kappa shape index (κ3) is 1.98. The fraction of sp³-hybridized carbons (Fsp3) is 0.500. The van der Waals surface area contributed by atoms with Gasteiger partial charge in [0.15, 0.2) is 0 Å². The van der Waals surface area contributed by atoms with Crippen molar-refractivity contribution in [2.45, 2.75) is 24.9 Å². The second-order valence-electron chi connectivity index (χ2n) is 4.19. The minimum absolute atomic E-state index is 0.177. The molecule has 2 rings (SSSR count). The molecule has 15 heavy (non-hydrogen) atoms. The van der Waals surface area contributed by atoms with Crippen molar-refractivity contribution >= 4 is 0 Å². The van der Waals surface area contributed by atoms with Crippen LogP contribution >= 0.6 is 0 Å². The summed E-state index contributed by atoms with van der Waals surface area (Å²) in [7, 11) is 1.63. The van der Waals surface area contributed by atoms with Crippen LogP contribution in [-0.4, -0.2) is 29.5 Å². The van der Waals surface area contributed by atoms with Crippen LogP contribution in [-0.2, 0) is 12.8 Å². The quantitative estimate of drug-likeness (QED) is 0.759. The molecule has 2 N–H and O–H groups in total. The van der Waals surface area contributed by atoms with Gasteiger partial charge in [-0.25, -0.2) is 0 Å². The van der Waals surface area contributed by atoms with Gasteiger partial charge in [0.1, 0.15) is 5.75 Å². The van der Waals surface area contributed by atoms with E-state index in [-0.39, 0.29) is 6.61 Å². The van der Waals surface area contributed by atoms with Crippen molar-refractivity contribution in [3.05, 3.63) is 29.3 Å². The van der Waals surface area contributed by atoms with Gasteiger partial charge in [-0.05, 0) is 36.1 Å². The van der Waals surface area contributed by atoms with Crippen LogP contribution in [0.25, 0.3) is 0 Å². The summed E-state index contributed by atoms with van der Waals surface area (Å²) in [6.07, 6.45) is 1.95. The van der Waals surface area contributed by atoms with E-state index in [4.69, 9.17) is 9.84 Å². The Hall–Kier alpha value is -1.06. The van der Waals surface area contributed by atoms with Crippen LogP contribution in [0.5, 0.6) is 5.75 Å². The lowest BCUT2D eigenvalue weighted by Crippen LogP contribution is -2.39. The highest BCUT2D eigenvalue weighted by Gasteiger charge is 2.31. The predicted molar refractivity (Wildman–Crippen MR) is 57.1 cm³/mol. The lowest BCUT2D eigenvalue weighted by Gasteiger charge is -2.31. The summed E-state index contributed by atoms with van der Waals surface area (Å²) in [5.41, 5.74) is 1.38. The Labute approximate surface area is 89.3 Å². The molecule has 82 valence electrons. The average Bonchev–Trinajstić information content (AvgIpc) is 2.28. The molecule has 0 aromatic heterocycles. The number of ether oxygens (including phenoxy) is 1. The number of aliphatic hydroxyl groups is 2. The minimum atomic E-state index is -0.945. The molecule has 3 nitrogen and oxygen atoms in total. The molecule has 0 amide bonds. The summed E-state index contributed by atoms with van der Waals surface area (Å²) < 4.78 is 5.14. The molecule has 3 heteroatoms. The zero-order valence-corrected chi connectivity index (χ0v) is 8.86. The zero-order chi connectivity index (χ0) is 10.9. The molecule has 0 aliphatic heterocycles. The predicted octanol–water partition coefficient (Wildman–Crippen LogP) is 0.907. The van der Waals surface area contributed by atoms with Gasteiger partial charge >= 0.3 is 0 Å². The van der Waals surface area contributed by atoms with E-state index >= 15 is 0 Å². The summed E-state index contributed by atoms with van der Waals surface area (Å²) in [5, 5.41) is 19.1. The van der Waals surface area contributed by atoms with E-state index in [1.165, 1.54) is 5.56 Å². The maximum absolute atomic E-state index is 10.00. The molecule has 0 fully saturated rings. The summed E-state index contributed by atoms with van der Waals surface area (Å²) in [6, 6.07) is 5.91. The van der Waals surface area contributed by atoms with Crippen LogP contribution in [0.4, 0.5) is 0 Å². The van der Waals surface area contributed by atoms with Crippen molar-refractivity contribution in [2.24, 2.45) is 0 Å². The molecule has 0 saturated carbocycles. The first-order valence-corrected chi connectivity index (χ1v) is 5.16. The lowest BCUT2D eigenvalue weighted by molar-refractivity contribution is -0.0248. The summed E-state index contributed by atoms with van der Waals surface area (Å²) in [6.45, 7) is -0.177. The Morgan fingerprint density at radius 2 is 2.20 bits per heavy atom. The molecule has 1 aromatic carbocycles. The van der Waals surface area contributed by atoms with Crippen molar-refractivity contribution in [1.29, 1.82) is 0 Å². The molecule has 0 radical (unpaired) electrons. The third-order valence-corrected chi connectivity index (χ3v) is 3.09. The number of rotatable bonds is 2. The maximum Gasteiger partial charge on any atom is 0.119 e. The van der Waals surface area contributed by atoms with Crippen molar-refractivity contribution < 1.29 is 14.9 Å². The Balaban J connectivity index is 2.31.